The van der Waals surface area contributed by atoms with Crippen LogP contribution in [0.4, 0.5) is 0 Å². The molecule has 80 valence electrons. The van der Waals surface area contributed by atoms with E-state index in [9.17, 15) is 0 Å². The molecule has 0 saturated carbocycles. The molecule has 0 spiro atoms. The first-order chi connectivity index (χ1) is 6.65. The first-order valence-corrected chi connectivity index (χ1v) is 5.21. The maximum absolute atomic E-state index is 4.03. The van der Waals surface area contributed by atoms with Crippen molar-refractivity contribution in [2.45, 2.75) is 39.8 Å². The molecule has 0 aliphatic heterocycles. The summed E-state index contributed by atoms with van der Waals surface area (Å²) in [7, 11) is 1.97. The molecular formula is C10H20N4. The van der Waals surface area contributed by atoms with Gasteiger partial charge in [0.2, 0.25) is 0 Å². The Morgan fingerprint density at radius 1 is 1.50 bits per heavy atom. The lowest BCUT2D eigenvalue weighted by Gasteiger charge is -2.20. The Morgan fingerprint density at radius 2 is 2.21 bits per heavy atom. The summed E-state index contributed by atoms with van der Waals surface area (Å²) in [5, 5.41) is 11.4. The molecule has 1 aromatic rings. The van der Waals surface area contributed by atoms with Crippen molar-refractivity contribution in [3.05, 3.63) is 12.2 Å². The second-order valence-electron chi connectivity index (χ2n) is 4.00. The predicted octanol–water partition coefficient (Wildman–Crippen LogP) is 1.34. The van der Waals surface area contributed by atoms with Crippen molar-refractivity contribution in [3.63, 3.8) is 0 Å². The van der Waals surface area contributed by atoms with Crippen molar-refractivity contribution in [3.8, 4) is 0 Å². The Labute approximate surface area is 85.7 Å². The van der Waals surface area contributed by atoms with E-state index in [1.165, 1.54) is 0 Å². The van der Waals surface area contributed by atoms with Gasteiger partial charge >= 0.3 is 0 Å². The van der Waals surface area contributed by atoms with Crippen molar-refractivity contribution < 1.29 is 0 Å². The quantitative estimate of drug-likeness (QED) is 0.772. The summed E-state index contributed by atoms with van der Waals surface area (Å²) in [6.45, 7) is 7.47. The molecule has 0 aromatic carbocycles. The molecule has 14 heavy (non-hydrogen) atoms. The van der Waals surface area contributed by atoms with Crippen LogP contribution >= 0.6 is 0 Å². The van der Waals surface area contributed by atoms with Crippen LogP contribution in [0.1, 0.15) is 33.0 Å². The Bertz CT molecular complexity index is 267. The van der Waals surface area contributed by atoms with E-state index in [2.05, 4.69) is 36.3 Å². The molecule has 1 rings (SSSR count). The fraction of sp³-hybridized carbons (Fsp3) is 0.800. The highest BCUT2D eigenvalue weighted by Gasteiger charge is 2.11. The van der Waals surface area contributed by atoms with E-state index in [0.717, 1.165) is 18.8 Å². The number of hydrogen-bond acceptors (Lipinski definition) is 3. The van der Waals surface area contributed by atoms with Crippen LogP contribution < -0.4 is 5.32 Å². The van der Waals surface area contributed by atoms with Gasteiger partial charge in [-0.25, -0.2) is 0 Å². The molecule has 1 aromatic heterocycles. The van der Waals surface area contributed by atoms with E-state index >= 15 is 0 Å². The third kappa shape index (κ3) is 2.80. The third-order valence-corrected chi connectivity index (χ3v) is 2.57. The second-order valence-corrected chi connectivity index (χ2v) is 4.00. The van der Waals surface area contributed by atoms with Crippen molar-refractivity contribution in [1.82, 2.24) is 20.1 Å². The minimum Gasteiger partial charge on any atom is -0.320 e. The van der Waals surface area contributed by atoms with Crippen LogP contribution in [0.15, 0.2) is 6.33 Å². The van der Waals surface area contributed by atoms with Gasteiger partial charge in [-0.1, -0.05) is 20.8 Å². The normalized spacial score (nSPS) is 13.5. The summed E-state index contributed by atoms with van der Waals surface area (Å²) in [5.74, 6) is 1.65. The van der Waals surface area contributed by atoms with Crippen LogP contribution in [0, 0.1) is 5.92 Å². The number of aryl methyl sites for hydroxylation is 1. The van der Waals surface area contributed by atoms with Gasteiger partial charge in [0.1, 0.15) is 12.2 Å². The van der Waals surface area contributed by atoms with Crippen molar-refractivity contribution in [1.29, 1.82) is 0 Å². The number of rotatable bonds is 5. The average Bonchev–Trinajstić information content (AvgIpc) is 2.52. The van der Waals surface area contributed by atoms with Crippen LogP contribution in [-0.4, -0.2) is 20.8 Å². The van der Waals surface area contributed by atoms with E-state index in [1.54, 1.807) is 6.33 Å². The zero-order valence-corrected chi connectivity index (χ0v) is 9.49. The van der Waals surface area contributed by atoms with Gasteiger partial charge < -0.3 is 9.88 Å². The second kappa shape index (κ2) is 5.10. The maximum Gasteiger partial charge on any atom is 0.146 e. The molecule has 0 aliphatic rings. The molecule has 1 heterocycles. The summed E-state index contributed by atoms with van der Waals surface area (Å²) in [6.07, 6.45) is 2.88. The van der Waals surface area contributed by atoms with E-state index < -0.39 is 0 Å². The Balaban J connectivity index is 2.43. The summed E-state index contributed by atoms with van der Waals surface area (Å²) in [6, 6.07) is 0.562. The van der Waals surface area contributed by atoms with Crippen LogP contribution in [0.25, 0.3) is 0 Å². The van der Waals surface area contributed by atoms with Crippen molar-refractivity contribution in [2.24, 2.45) is 13.0 Å². The molecule has 1 atom stereocenters. The van der Waals surface area contributed by atoms with Gasteiger partial charge in [-0.05, 0) is 12.3 Å². The molecule has 0 saturated heterocycles. The van der Waals surface area contributed by atoms with Crippen LogP contribution in [0.2, 0.25) is 0 Å². The smallest absolute Gasteiger partial charge is 0.146 e. The molecule has 0 fully saturated rings. The minimum absolute atomic E-state index is 0.562. The lowest BCUT2D eigenvalue weighted by Crippen LogP contribution is -2.33. The number of hydrogen-bond donors (Lipinski definition) is 1. The van der Waals surface area contributed by atoms with E-state index in [0.29, 0.717) is 12.0 Å². The van der Waals surface area contributed by atoms with Gasteiger partial charge in [-0.15, -0.1) is 10.2 Å². The van der Waals surface area contributed by atoms with Crippen LogP contribution in [0.3, 0.4) is 0 Å². The highest BCUT2D eigenvalue weighted by Crippen LogP contribution is 2.06. The Hall–Kier alpha value is -0.900. The van der Waals surface area contributed by atoms with Gasteiger partial charge in [0.05, 0.1) is 6.54 Å². The third-order valence-electron chi connectivity index (χ3n) is 2.57. The maximum atomic E-state index is 4.03. The molecule has 0 radical (unpaired) electrons. The van der Waals surface area contributed by atoms with Gasteiger partial charge in [0.25, 0.3) is 0 Å². The molecule has 0 aliphatic carbocycles. The number of nitrogens with zero attached hydrogens (tertiary/aromatic N) is 3. The summed E-state index contributed by atoms with van der Waals surface area (Å²) in [4.78, 5) is 0. The molecular weight excluding hydrogens is 176 g/mol. The van der Waals surface area contributed by atoms with E-state index in [4.69, 9.17) is 0 Å². The summed E-state index contributed by atoms with van der Waals surface area (Å²) >= 11 is 0. The van der Waals surface area contributed by atoms with Gasteiger partial charge in [-0.3, -0.25) is 0 Å². The fourth-order valence-electron chi connectivity index (χ4n) is 1.54. The van der Waals surface area contributed by atoms with Gasteiger partial charge in [0.15, 0.2) is 0 Å². The van der Waals surface area contributed by atoms with Crippen LogP contribution in [0.5, 0.6) is 0 Å². The lowest BCUT2D eigenvalue weighted by molar-refractivity contribution is 0.381. The monoisotopic (exact) mass is 196 g/mol. The summed E-state index contributed by atoms with van der Waals surface area (Å²) < 4.78 is 1.94. The molecule has 0 amide bonds. The molecule has 1 N–H and O–H groups in total. The first-order valence-electron chi connectivity index (χ1n) is 5.21. The fourth-order valence-corrected chi connectivity index (χ4v) is 1.54. The molecule has 4 nitrogen and oxygen atoms in total. The zero-order chi connectivity index (χ0) is 10.6. The van der Waals surface area contributed by atoms with Crippen molar-refractivity contribution in [2.75, 3.05) is 0 Å². The largest absolute Gasteiger partial charge is 0.320 e. The lowest BCUT2D eigenvalue weighted by atomic mass is 10.0. The SMILES string of the molecule is CCC(NCc1nncn1C)C(C)C. The highest BCUT2D eigenvalue weighted by molar-refractivity contribution is 4.84. The summed E-state index contributed by atoms with van der Waals surface area (Å²) in [5.41, 5.74) is 0. The van der Waals surface area contributed by atoms with E-state index in [1.807, 2.05) is 11.6 Å². The number of aromatic nitrogens is 3. The highest BCUT2D eigenvalue weighted by atomic mass is 15.3. The Kier molecular flexibility index (Phi) is 4.07. The average molecular weight is 196 g/mol. The predicted molar refractivity (Wildman–Crippen MR) is 56.8 cm³/mol. The van der Waals surface area contributed by atoms with Gasteiger partial charge in [-0.2, -0.15) is 0 Å². The zero-order valence-electron chi connectivity index (χ0n) is 9.49. The van der Waals surface area contributed by atoms with E-state index in [-0.39, 0.29) is 0 Å². The topological polar surface area (TPSA) is 42.7 Å². The standard InChI is InChI=1S/C10H20N4/c1-5-9(8(2)3)11-6-10-13-12-7-14(10)4/h7-9,11H,5-6H2,1-4H3. The first kappa shape index (κ1) is 11.2. The molecule has 1 unspecified atom stereocenters. The Morgan fingerprint density at radius 3 is 2.64 bits per heavy atom. The van der Waals surface area contributed by atoms with Crippen molar-refractivity contribution >= 4 is 0 Å². The molecule has 4 heteroatoms. The number of nitrogens with one attached hydrogen (secondary N) is 1. The van der Waals surface area contributed by atoms with Gasteiger partial charge in [0, 0.05) is 13.1 Å². The van der Waals surface area contributed by atoms with Crippen LogP contribution in [-0.2, 0) is 13.6 Å². The molecule has 0 bridgehead atoms. The minimum atomic E-state index is 0.562.